The zero-order valence-corrected chi connectivity index (χ0v) is 16.6. The van der Waals surface area contributed by atoms with Gasteiger partial charge in [0, 0.05) is 18.5 Å². The van der Waals surface area contributed by atoms with E-state index in [1.54, 1.807) is 18.2 Å². The van der Waals surface area contributed by atoms with E-state index in [0.29, 0.717) is 12.5 Å². The summed E-state index contributed by atoms with van der Waals surface area (Å²) in [6.07, 6.45) is 1.89. The number of nitrogens with zero attached hydrogens (tertiary/aromatic N) is 1. The lowest BCUT2D eigenvalue weighted by atomic mass is 10.1. The Morgan fingerprint density at radius 3 is 2.48 bits per heavy atom. The lowest BCUT2D eigenvalue weighted by Crippen LogP contribution is -2.37. The molecule has 1 aliphatic rings. The van der Waals surface area contributed by atoms with Crippen LogP contribution in [0.4, 0.5) is 0 Å². The van der Waals surface area contributed by atoms with Crippen molar-refractivity contribution < 1.29 is 17.4 Å². The van der Waals surface area contributed by atoms with E-state index >= 15 is 0 Å². The van der Waals surface area contributed by atoms with Crippen molar-refractivity contribution in [3.63, 3.8) is 0 Å². The van der Waals surface area contributed by atoms with Crippen LogP contribution in [0.1, 0.15) is 37.3 Å². The van der Waals surface area contributed by atoms with Gasteiger partial charge in [-0.2, -0.15) is 8.42 Å². The second-order valence-corrected chi connectivity index (χ2v) is 8.93. The van der Waals surface area contributed by atoms with E-state index < -0.39 is 10.1 Å². The van der Waals surface area contributed by atoms with Gasteiger partial charge in [0.1, 0.15) is 5.75 Å². The maximum atomic E-state index is 13.0. The highest BCUT2D eigenvalue weighted by Gasteiger charge is 2.46. The highest BCUT2D eigenvalue weighted by molar-refractivity contribution is 7.86. The smallest absolute Gasteiger partial charge is 0.306 e. The number of carbonyl (C=O) groups is 1. The van der Waals surface area contributed by atoms with Crippen molar-refractivity contribution in [3.8, 4) is 5.75 Å². The van der Waals surface area contributed by atoms with Gasteiger partial charge in [-0.3, -0.25) is 4.79 Å². The molecule has 0 spiro atoms. The van der Waals surface area contributed by atoms with E-state index in [1.165, 1.54) is 5.56 Å². The van der Waals surface area contributed by atoms with Gasteiger partial charge < -0.3 is 9.08 Å². The summed E-state index contributed by atoms with van der Waals surface area (Å²) in [7, 11) is -3.58. The van der Waals surface area contributed by atoms with E-state index in [9.17, 15) is 13.2 Å². The fourth-order valence-electron chi connectivity index (χ4n) is 3.33. The Morgan fingerprint density at radius 2 is 1.85 bits per heavy atom. The second kappa shape index (κ2) is 7.72. The van der Waals surface area contributed by atoms with Crippen molar-refractivity contribution in [2.75, 3.05) is 6.26 Å². The third-order valence-corrected chi connectivity index (χ3v) is 5.24. The Kier molecular flexibility index (Phi) is 5.56. The Balaban J connectivity index is 1.72. The summed E-state index contributed by atoms with van der Waals surface area (Å²) in [5, 5.41) is 0. The van der Waals surface area contributed by atoms with E-state index in [-0.39, 0.29) is 23.6 Å². The Labute approximate surface area is 161 Å². The molecule has 6 heteroatoms. The number of hydrogen-bond donors (Lipinski definition) is 0. The molecule has 0 aromatic heterocycles. The number of rotatable bonds is 7. The lowest BCUT2D eigenvalue weighted by Gasteiger charge is -2.27. The fourth-order valence-corrected chi connectivity index (χ4v) is 3.78. The third kappa shape index (κ3) is 5.10. The van der Waals surface area contributed by atoms with Gasteiger partial charge in [-0.1, -0.05) is 42.5 Å². The molecular weight excluding hydrogens is 362 g/mol. The first-order valence-electron chi connectivity index (χ1n) is 9.08. The highest BCUT2D eigenvalue weighted by Crippen LogP contribution is 2.48. The second-order valence-electron chi connectivity index (χ2n) is 7.35. The predicted molar refractivity (Wildman–Crippen MR) is 105 cm³/mol. The van der Waals surface area contributed by atoms with Crippen molar-refractivity contribution >= 4 is 16.0 Å². The van der Waals surface area contributed by atoms with Crippen LogP contribution in [0.5, 0.6) is 5.75 Å². The van der Waals surface area contributed by atoms with Crippen LogP contribution in [-0.2, 0) is 21.5 Å². The molecule has 0 radical (unpaired) electrons. The summed E-state index contributed by atoms with van der Waals surface area (Å²) in [6.45, 7) is 4.42. The van der Waals surface area contributed by atoms with Crippen molar-refractivity contribution in [3.05, 3.63) is 65.7 Å². The van der Waals surface area contributed by atoms with Gasteiger partial charge >= 0.3 is 10.1 Å². The zero-order valence-electron chi connectivity index (χ0n) is 15.8. The molecule has 1 saturated carbocycles. The molecule has 1 fully saturated rings. The molecule has 3 rings (SSSR count). The van der Waals surface area contributed by atoms with Crippen molar-refractivity contribution in [1.82, 2.24) is 4.90 Å². The van der Waals surface area contributed by atoms with E-state index in [1.807, 2.05) is 43.0 Å². The maximum Gasteiger partial charge on any atom is 0.306 e. The highest BCUT2D eigenvalue weighted by atomic mass is 32.2. The lowest BCUT2D eigenvalue weighted by molar-refractivity contribution is -0.135. The first-order valence-corrected chi connectivity index (χ1v) is 10.9. The monoisotopic (exact) mass is 387 g/mol. The number of amides is 1. The van der Waals surface area contributed by atoms with Gasteiger partial charge in [0.15, 0.2) is 0 Å². The quantitative estimate of drug-likeness (QED) is 0.682. The molecule has 0 heterocycles. The largest absolute Gasteiger partial charge is 0.383 e. The molecule has 5 nitrogen and oxygen atoms in total. The summed E-state index contributed by atoms with van der Waals surface area (Å²) in [5.74, 6) is 0.720. The zero-order chi connectivity index (χ0) is 19.6. The van der Waals surface area contributed by atoms with Crippen LogP contribution in [0.2, 0.25) is 0 Å². The molecule has 2 aromatic rings. The van der Waals surface area contributed by atoms with Crippen LogP contribution < -0.4 is 4.18 Å². The average molecular weight is 388 g/mol. The van der Waals surface area contributed by atoms with E-state index in [0.717, 1.165) is 18.2 Å². The molecular formula is C21H25NO4S. The van der Waals surface area contributed by atoms with E-state index in [2.05, 4.69) is 12.1 Å². The summed E-state index contributed by atoms with van der Waals surface area (Å²) >= 11 is 0. The summed E-state index contributed by atoms with van der Waals surface area (Å²) in [5.41, 5.74) is 2.05. The van der Waals surface area contributed by atoms with Gasteiger partial charge in [0.05, 0.1) is 6.26 Å². The topological polar surface area (TPSA) is 63.7 Å². The molecule has 1 amide bonds. The van der Waals surface area contributed by atoms with Gasteiger partial charge in [-0.15, -0.1) is 0 Å². The molecule has 2 aromatic carbocycles. The van der Waals surface area contributed by atoms with Crippen molar-refractivity contribution in [2.45, 2.75) is 38.8 Å². The molecule has 144 valence electrons. The Morgan fingerprint density at radius 1 is 1.15 bits per heavy atom. The van der Waals surface area contributed by atoms with Gasteiger partial charge in [-0.05, 0) is 49.4 Å². The average Bonchev–Trinajstić information content (AvgIpc) is 3.39. The van der Waals surface area contributed by atoms with Crippen LogP contribution in [0, 0.1) is 5.92 Å². The molecule has 2 atom stereocenters. The van der Waals surface area contributed by atoms with Gasteiger partial charge in [0.25, 0.3) is 0 Å². The van der Waals surface area contributed by atoms with Crippen LogP contribution in [0.25, 0.3) is 0 Å². The first kappa shape index (κ1) is 19.4. The van der Waals surface area contributed by atoms with Crippen LogP contribution >= 0.6 is 0 Å². The number of benzene rings is 2. The molecule has 0 bridgehead atoms. The van der Waals surface area contributed by atoms with Crippen LogP contribution in [0.15, 0.2) is 54.6 Å². The van der Waals surface area contributed by atoms with Gasteiger partial charge in [-0.25, -0.2) is 0 Å². The standard InChI is InChI=1S/C21H25NO4S/c1-15(2)22(14-16-8-7-11-18(12-16)26-27(3,24)25)21(23)20-13-19(20)17-9-5-4-6-10-17/h4-12,15,19-20H,13-14H2,1-3H3. The Bertz CT molecular complexity index is 909. The minimum absolute atomic E-state index is 0.0188. The van der Waals surface area contributed by atoms with Crippen LogP contribution in [-0.4, -0.2) is 31.5 Å². The van der Waals surface area contributed by atoms with Crippen molar-refractivity contribution in [2.24, 2.45) is 5.92 Å². The third-order valence-electron chi connectivity index (χ3n) is 4.74. The number of carbonyl (C=O) groups excluding carboxylic acids is 1. The normalized spacial score (nSPS) is 19.0. The maximum absolute atomic E-state index is 13.0. The fraction of sp³-hybridized carbons (Fsp3) is 0.381. The minimum Gasteiger partial charge on any atom is -0.383 e. The molecule has 0 N–H and O–H groups in total. The number of hydrogen-bond acceptors (Lipinski definition) is 4. The van der Waals surface area contributed by atoms with E-state index in [4.69, 9.17) is 4.18 Å². The molecule has 0 saturated heterocycles. The molecule has 27 heavy (non-hydrogen) atoms. The van der Waals surface area contributed by atoms with Crippen LogP contribution in [0.3, 0.4) is 0 Å². The molecule has 0 aliphatic heterocycles. The SMILES string of the molecule is CC(C)N(Cc1cccc(OS(C)(=O)=O)c1)C(=O)C1CC1c1ccccc1. The van der Waals surface area contributed by atoms with Crippen molar-refractivity contribution in [1.29, 1.82) is 0 Å². The van der Waals surface area contributed by atoms with Gasteiger partial charge in [0.2, 0.25) is 5.91 Å². The summed E-state index contributed by atoms with van der Waals surface area (Å²) in [4.78, 5) is 14.9. The minimum atomic E-state index is -3.58. The first-order chi connectivity index (χ1) is 12.7. The summed E-state index contributed by atoms with van der Waals surface area (Å²) in [6, 6.07) is 17.1. The Hall–Kier alpha value is -2.34. The molecule has 2 unspecified atom stereocenters. The predicted octanol–water partition coefficient (Wildman–Crippen LogP) is 3.57. The molecule has 1 aliphatic carbocycles. The summed E-state index contributed by atoms with van der Waals surface area (Å²) < 4.78 is 27.6.